The number of nitrogens with zero attached hydrogens (tertiary/aromatic N) is 2. The summed E-state index contributed by atoms with van der Waals surface area (Å²) in [4.78, 5) is 17.5. The van der Waals surface area contributed by atoms with Crippen molar-refractivity contribution in [2.24, 2.45) is 0 Å². The number of carbonyl (C=O) groups excluding carboxylic acids is 1. The van der Waals surface area contributed by atoms with Gasteiger partial charge in [0, 0.05) is 48.6 Å². The van der Waals surface area contributed by atoms with E-state index in [9.17, 15) is 4.79 Å². The van der Waals surface area contributed by atoms with Gasteiger partial charge < -0.3 is 15.0 Å². The summed E-state index contributed by atoms with van der Waals surface area (Å²) in [5, 5.41) is 6.02. The minimum absolute atomic E-state index is 0.231. The summed E-state index contributed by atoms with van der Waals surface area (Å²) in [7, 11) is 1.53. The molecule has 3 aromatic carbocycles. The second-order valence-corrected chi connectivity index (χ2v) is 9.37. The first-order valence-electron chi connectivity index (χ1n) is 11.1. The number of anilines is 2. The van der Waals surface area contributed by atoms with Crippen LogP contribution in [-0.4, -0.2) is 49.2 Å². The van der Waals surface area contributed by atoms with E-state index < -0.39 is 0 Å². The van der Waals surface area contributed by atoms with E-state index in [1.54, 1.807) is 12.1 Å². The maximum Gasteiger partial charge on any atom is 0.261 e. The molecule has 0 spiro atoms. The molecule has 2 N–H and O–H groups in total. The molecule has 1 heterocycles. The van der Waals surface area contributed by atoms with E-state index in [0.717, 1.165) is 42.9 Å². The molecule has 0 aliphatic carbocycles. The van der Waals surface area contributed by atoms with Gasteiger partial charge in [0.2, 0.25) is 0 Å². The van der Waals surface area contributed by atoms with Gasteiger partial charge in [-0.15, -0.1) is 0 Å². The molecule has 1 aliphatic heterocycles. The summed E-state index contributed by atoms with van der Waals surface area (Å²) in [6.07, 6.45) is 0. The first-order valence-corrected chi connectivity index (χ1v) is 12.3. The van der Waals surface area contributed by atoms with Crippen LogP contribution in [-0.2, 0) is 6.54 Å². The zero-order valence-electron chi connectivity index (χ0n) is 19.0. The predicted octanol–water partition coefficient (Wildman–Crippen LogP) is 4.91. The highest BCUT2D eigenvalue weighted by Gasteiger charge is 2.18. The Kier molecular flexibility index (Phi) is 8.16. The Hall–Kier alpha value is -2.94. The number of rotatable bonds is 6. The quantitative estimate of drug-likeness (QED) is 0.435. The number of nitrogens with one attached hydrogen (secondary N) is 2. The summed E-state index contributed by atoms with van der Waals surface area (Å²) in [6, 6.07) is 24.0. The molecule has 0 saturated carbocycles. The van der Waals surface area contributed by atoms with Crippen molar-refractivity contribution in [2.45, 2.75) is 6.54 Å². The van der Waals surface area contributed by atoms with Gasteiger partial charge in [0.05, 0.1) is 12.7 Å². The lowest BCUT2D eigenvalue weighted by Gasteiger charge is -2.36. The predicted molar refractivity (Wildman–Crippen MR) is 145 cm³/mol. The number of carbonyl (C=O) groups is 1. The van der Waals surface area contributed by atoms with Gasteiger partial charge in [0.1, 0.15) is 5.75 Å². The van der Waals surface area contributed by atoms with Crippen molar-refractivity contribution < 1.29 is 9.53 Å². The molecule has 4 rings (SSSR count). The van der Waals surface area contributed by atoms with Gasteiger partial charge in [0.15, 0.2) is 5.11 Å². The largest absolute Gasteiger partial charge is 0.496 e. The zero-order valence-corrected chi connectivity index (χ0v) is 21.4. The molecular weight excluding hydrogens is 512 g/mol. The number of thiocarbonyl (C=S) groups is 1. The van der Waals surface area contributed by atoms with Gasteiger partial charge in [0.25, 0.3) is 5.91 Å². The van der Waals surface area contributed by atoms with E-state index in [1.807, 2.05) is 18.2 Å². The van der Waals surface area contributed by atoms with Crippen LogP contribution >= 0.6 is 28.1 Å². The highest BCUT2D eigenvalue weighted by atomic mass is 79.9. The van der Waals surface area contributed by atoms with E-state index in [0.29, 0.717) is 11.3 Å². The van der Waals surface area contributed by atoms with Gasteiger partial charge in [-0.2, -0.15) is 0 Å². The Balaban J connectivity index is 1.28. The van der Waals surface area contributed by atoms with Crippen LogP contribution in [0.15, 0.2) is 77.3 Å². The van der Waals surface area contributed by atoms with Crippen LogP contribution in [0.4, 0.5) is 11.4 Å². The summed E-state index contributed by atoms with van der Waals surface area (Å²) < 4.78 is 6.06. The van der Waals surface area contributed by atoms with Crippen molar-refractivity contribution in [2.75, 3.05) is 43.5 Å². The van der Waals surface area contributed by atoms with Crippen molar-refractivity contribution >= 4 is 50.5 Å². The third kappa shape index (κ3) is 6.34. The molecule has 1 fully saturated rings. The van der Waals surface area contributed by atoms with Gasteiger partial charge >= 0.3 is 0 Å². The second kappa shape index (κ2) is 11.5. The fourth-order valence-corrected chi connectivity index (χ4v) is 4.52. The molecule has 0 unspecified atom stereocenters. The lowest BCUT2D eigenvalue weighted by Crippen LogP contribution is -2.45. The van der Waals surface area contributed by atoms with Crippen molar-refractivity contribution in [3.63, 3.8) is 0 Å². The van der Waals surface area contributed by atoms with E-state index in [4.69, 9.17) is 17.0 Å². The fraction of sp³-hybridized carbons (Fsp3) is 0.231. The SMILES string of the molecule is COc1ccc(Br)cc1C(=O)NC(=S)Nc1ccc(N2CCN(Cc3ccccc3)CC2)cc1. The van der Waals surface area contributed by atoms with Gasteiger partial charge in [-0.1, -0.05) is 46.3 Å². The number of ether oxygens (including phenoxy) is 1. The maximum atomic E-state index is 12.6. The summed E-state index contributed by atoms with van der Waals surface area (Å²) in [6.45, 7) is 5.03. The number of piperazine rings is 1. The third-order valence-electron chi connectivity index (χ3n) is 5.74. The molecule has 1 saturated heterocycles. The van der Waals surface area contributed by atoms with E-state index >= 15 is 0 Å². The number of halogens is 1. The molecule has 0 radical (unpaired) electrons. The van der Waals surface area contributed by atoms with Crippen LogP contribution in [0.25, 0.3) is 0 Å². The molecule has 8 heteroatoms. The monoisotopic (exact) mass is 538 g/mol. The standard InChI is InChI=1S/C26H27BrN4O2S/c1-33-24-12-7-20(27)17-23(24)25(32)29-26(34)28-21-8-10-22(11-9-21)31-15-13-30(14-16-31)18-19-5-3-2-4-6-19/h2-12,17H,13-16,18H2,1H3,(H2,28,29,32,34). The van der Waals surface area contributed by atoms with Crippen LogP contribution < -0.4 is 20.3 Å². The fourth-order valence-electron chi connectivity index (χ4n) is 3.95. The van der Waals surface area contributed by atoms with Gasteiger partial charge in [-0.25, -0.2) is 0 Å². The van der Waals surface area contributed by atoms with E-state index in [-0.39, 0.29) is 11.0 Å². The van der Waals surface area contributed by atoms with Crippen molar-refractivity contribution in [3.05, 3.63) is 88.4 Å². The Bertz CT molecular complexity index is 1130. The molecule has 34 heavy (non-hydrogen) atoms. The molecule has 6 nitrogen and oxygen atoms in total. The normalized spacial score (nSPS) is 13.9. The first kappa shape index (κ1) is 24.2. The third-order valence-corrected chi connectivity index (χ3v) is 6.44. The minimum atomic E-state index is -0.333. The Morgan fingerprint density at radius 1 is 1.00 bits per heavy atom. The summed E-state index contributed by atoms with van der Waals surface area (Å²) in [5.41, 5.74) is 3.76. The lowest BCUT2D eigenvalue weighted by molar-refractivity contribution is 0.0974. The zero-order chi connectivity index (χ0) is 23.9. The lowest BCUT2D eigenvalue weighted by atomic mass is 10.2. The van der Waals surface area contributed by atoms with Crippen LogP contribution in [0.2, 0.25) is 0 Å². The average molecular weight is 539 g/mol. The summed E-state index contributed by atoms with van der Waals surface area (Å²) in [5.74, 6) is 0.150. The van der Waals surface area contributed by atoms with Crippen LogP contribution in [0.5, 0.6) is 5.75 Å². The maximum absolute atomic E-state index is 12.6. The van der Waals surface area contributed by atoms with E-state index in [1.165, 1.54) is 18.4 Å². The summed E-state index contributed by atoms with van der Waals surface area (Å²) >= 11 is 8.72. The van der Waals surface area contributed by atoms with Crippen LogP contribution in [0, 0.1) is 0 Å². The van der Waals surface area contributed by atoms with Crippen molar-refractivity contribution in [3.8, 4) is 5.75 Å². The Morgan fingerprint density at radius 2 is 1.71 bits per heavy atom. The number of amides is 1. The molecule has 1 aliphatic rings. The van der Waals surface area contributed by atoms with E-state index in [2.05, 4.69) is 78.8 Å². The van der Waals surface area contributed by atoms with Crippen molar-refractivity contribution in [1.29, 1.82) is 0 Å². The minimum Gasteiger partial charge on any atom is -0.496 e. The first-order chi connectivity index (χ1) is 16.5. The van der Waals surface area contributed by atoms with Crippen molar-refractivity contribution in [1.82, 2.24) is 10.2 Å². The molecule has 3 aromatic rings. The molecular formula is C26H27BrN4O2S. The Labute approximate surface area is 214 Å². The smallest absolute Gasteiger partial charge is 0.261 e. The van der Waals surface area contributed by atoms with Gasteiger partial charge in [-0.05, 0) is 60.2 Å². The van der Waals surface area contributed by atoms with Crippen LogP contribution in [0.3, 0.4) is 0 Å². The Morgan fingerprint density at radius 3 is 2.38 bits per heavy atom. The highest BCUT2D eigenvalue weighted by molar-refractivity contribution is 9.10. The molecule has 176 valence electrons. The second-order valence-electron chi connectivity index (χ2n) is 8.05. The highest BCUT2D eigenvalue weighted by Crippen LogP contribution is 2.23. The topological polar surface area (TPSA) is 56.8 Å². The molecule has 0 atom stereocenters. The molecule has 0 aromatic heterocycles. The van der Waals surface area contributed by atoms with Crippen LogP contribution in [0.1, 0.15) is 15.9 Å². The average Bonchev–Trinajstić information content (AvgIpc) is 2.85. The number of benzene rings is 3. The molecule has 1 amide bonds. The molecule has 0 bridgehead atoms. The number of hydrogen-bond donors (Lipinski definition) is 2. The number of methoxy groups -OCH3 is 1. The number of hydrogen-bond acceptors (Lipinski definition) is 5. The van der Waals surface area contributed by atoms with Gasteiger partial charge in [-0.3, -0.25) is 15.0 Å².